The van der Waals surface area contributed by atoms with Crippen molar-refractivity contribution in [1.29, 1.82) is 0 Å². The molecule has 1 heterocycles. The number of rotatable bonds is 4. The van der Waals surface area contributed by atoms with E-state index in [1.807, 2.05) is 6.07 Å². The van der Waals surface area contributed by atoms with E-state index in [0.29, 0.717) is 5.56 Å². The first-order valence-corrected chi connectivity index (χ1v) is 12.1. The molecule has 2 nitrogen and oxygen atoms in total. The lowest BCUT2D eigenvalue weighted by atomic mass is 9.72. The van der Waals surface area contributed by atoms with E-state index in [-0.39, 0.29) is 16.7 Å². The van der Waals surface area contributed by atoms with Gasteiger partial charge < -0.3 is 10.1 Å². The smallest absolute Gasteiger partial charge is 0.417 e. The molecule has 33 heavy (non-hydrogen) atoms. The summed E-state index contributed by atoms with van der Waals surface area (Å²) in [5.41, 5.74) is 5.38. The number of methoxy groups -OCH3 is 1. The summed E-state index contributed by atoms with van der Waals surface area (Å²) in [4.78, 5) is 0. The Balaban J connectivity index is 1.93. The van der Waals surface area contributed by atoms with Crippen molar-refractivity contribution in [2.45, 2.75) is 70.4 Å². The van der Waals surface area contributed by atoms with Crippen LogP contribution in [0.3, 0.4) is 0 Å². The van der Waals surface area contributed by atoms with E-state index < -0.39 is 11.7 Å². The molecule has 1 atom stereocenters. The molecule has 0 spiro atoms. The normalized spacial score (nSPS) is 22.7. The Morgan fingerprint density at radius 1 is 1.12 bits per heavy atom. The lowest BCUT2D eigenvalue weighted by Crippen LogP contribution is -2.41. The van der Waals surface area contributed by atoms with E-state index in [2.05, 4.69) is 31.3 Å². The quantitative estimate of drug-likeness (QED) is 0.386. The minimum atomic E-state index is -4.45. The zero-order chi connectivity index (χ0) is 23.6. The van der Waals surface area contributed by atoms with Crippen molar-refractivity contribution in [2.75, 3.05) is 20.2 Å². The summed E-state index contributed by atoms with van der Waals surface area (Å²) in [7, 11) is 1.40. The molecule has 2 aliphatic rings. The third-order valence-electron chi connectivity index (χ3n) is 7.27. The zero-order valence-electron chi connectivity index (χ0n) is 19.9. The standard InChI is InChI=1S/C28H34F3NO/c1-4-7-19-8-5-9-20-15-21(23-11-10-22(33-3)17-26(23)28(29,30)31)16-25(24(20)14-19)27(2)12-6-13-32-18-27/h7,10-11,15-17,32H,4-6,8-9,12-14,18H2,1-3H3/b19-7+. The van der Waals surface area contributed by atoms with Gasteiger partial charge in [0.25, 0.3) is 0 Å². The number of halogens is 3. The SMILES string of the molecule is CC/C=C1\CCCc2cc(-c3ccc(OC)cc3C(F)(F)F)cc(C3(C)CCCNC3)c2C1. The molecule has 2 aromatic rings. The minimum absolute atomic E-state index is 0.0924. The highest BCUT2D eigenvalue weighted by Crippen LogP contribution is 2.44. The minimum Gasteiger partial charge on any atom is -0.497 e. The fraction of sp³-hybridized carbons (Fsp3) is 0.500. The molecule has 0 aromatic heterocycles. The van der Waals surface area contributed by atoms with Gasteiger partial charge in [-0.1, -0.05) is 43.7 Å². The van der Waals surface area contributed by atoms with Crippen LogP contribution in [-0.4, -0.2) is 20.2 Å². The van der Waals surface area contributed by atoms with E-state index in [4.69, 9.17) is 4.74 Å². The molecule has 1 aliphatic heterocycles. The lowest BCUT2D eigenvalue weighted by molar-refractivity contribution is -0.137. The molecule has 2 aromatic carbocycles. The Kier molecular flexibility index (Phi) is 6.90. The number of benzene rings is 2. The van der Waals surface area contributed by atoms with Gasteiger partial charge in [-0.25, -0.2) is 0 Å². The Hall–Kier alpha value is -2.27. The second-order valence-electron chi connectivity index (χ2n) is 9.71. The van der Waals surface area contributed by atoms with Gasteiger partial charge in [0.05, 0.1) is 12.7 Å². The van der Waals surface area contributed by atoms with E-state index in [1.165, 1.54) is 29.4 Å². The molecule has 1 unspecified atom stereocenters. The molecule has 4 rings (SSSR count). The fourth-order valence-electron chi connectivity index (χ4n) is 5.56. The molecule has 178 valence electrons. The maximum absolute atomic E-state index is 14.0. The highest BCUT2D eigenvalue weighted by atomic mass is 19.4. The average Bonchev–Trinajstić information content (AvgIpc) is 3.00. The highest BCUT2D eigenvalue weighted by molar-refractivity contribution is 5.72. The maximum atomic E-state index is 14.0. The average molecular weight is 458 g/mol. The van der Waals surface area contributed by atoms with Crippen molar-refractivity contribution in [3.63, 3.8) is 0 Å². The number of hydrogen-bond donors (Lipinski definition) is 1. The molecule has 1 aliphatic carbocycles. The van der Waals surface area contributed by atoms with Crippen LogP contribution in [-0.2, 0) is 24.4 Å². The number of alkyl halides is 3. The molecule has 0 radical (unpaired) electrons. The van der Waals surface area contributed by atoms with Gasteiger partial charge in [0.2, 0.25) is 0 Å². The summed E-state index contributed by atoms with van der Waals surface area (Å²) in [6.07, 6.45) is 4.90. The molecule has 0 bridgehead atoms. The van der Waals surface area contributed by atoms with Gasteiger partial charge in [-0.05, 0) is 91.4 Å². The second-order valence-corrected chi connectivity index (χ2v) is 9.71. The first-order valence-electron chi connectivity index (χ1n) is 12.1. The molecule has 0 saturated carbocycles. The summed E-state index contributed by atoms with van der Waals surface area (Å²) in [5, 5.41) is 3.53. The first-order chi connectivity index (χ1) is 15.7. The molecule has 5 heteroatoms. The third-order valence-corrected chi connectivity index (χ3v) is 7.27. The molecular formula is C28H34F3NO. The van der Waals surface area contributed by atoms with Crippen molar-refractivity contribution in [3.05, 3.63) is 64.2 Å². The predicted octanol–water partition coefficient (Wildman–Crippen LogP) is 7.24. The molecule has 1 N–H and O–H groups in total. The van der Waals surface area contributed by atoms with Gasteiger partial charge in [0, 0.05) is 12.0 Å². The molecule has 0 amide bonds. The summed E-state index contributed by atoms with van der Waals surface area (Å²) in [6, 6.07) is 8.38. The molecule has 1 saturated heterocycles. The van der Waals surface area contributed by atoms with Crippen molar-refractivity contribution >= 4 is 0 Å². The van der Waals surface area contributed by atoms with Gasteiger partial charge in [-0.3, -0.25) is 0 Å². The van der Waals surface area contributed by atoms with Gasteiger partial charge in [-0.15, -0.1) is 0 Å². The Morgan fingerprint density at radius 3 is 2.61 bits per heavy atom. The fourth-order valence-corrected chi connectivity index (χ4v) is 5.56. The van der Waals surface area contributed by atoms with Crippen molar-refractivity contribution in [3.8, 4) is 16.9 Å². The number of piperidine rings is 1. The number of fused-ring (bicyclic) bond motifs is 1. The van der Waals surface area contributed by atoms with E-state index in [0.717, 1.165) is 64.1 Å². The Bertz CT molecular complexity index is 1030. The Morgan fingerprint density at radius 2 is 1.94 bits per heavy atom. The zero-order valence-corrected chi connectivity index (χ0v) is 19.9. The van der Waals surface area contributed by atoms with E-state index in [9.17, 15) is 13.2 Å². The van der Waals surface area contributed by atoms with Crippen LogP contribution >= 0.6 is 0 Å². The summed E-state index contributed by atoms with van der Waals surface area (Å²) >= 11 is 0. The van der Waals surface area contributed by atoms with Crippen LogP contribution in [0.2, 0.25) is 0 Å². The summed E-state index contributed by atoms with van der Waals surface area (Å²) < 4.78 is 47.2. The number of nitrogens with one attached hydrogen (secondary N) is 1. The molecule has 1 fully saturated rings. The third kappa shape index (κ3) is 4.98. The van der Waals surface area contributed by atoms with Crippen LogP contribution in [0.5, 0.6) is 5.75 Å². The maximum Gasteiger partial charge on any atom is 0.417 e. The Labute approximate surface area is 195 Å². The topological polar surface area (TPSA) is 21.3 Å². The number of allylic oxidation sites excluding steroid dienone is 2. The second kappa shape index (κ2) is 9.54. The van der Waals surface area contributed by atoms with Crippen LogP contribution in [0.4, 0.5) is 13.2 Å². The molecular weight excluding hydrogens is 423 g/mol. The summed E-state index contributed by atoms with van der Waals surface area (Å²) in [5.74, 6) is 0.221. The summed E-state index contributed by atoms with van der Waals surface area (Å²) in [6.45, 7) is 6.28. The van der Waals surface area contributed by atoms with Gasteiger partial charge >= 0.3 is 6.18 Å². The van der Waals surface area contributed by atoms with Crippen molar-refractivity contribution < 1.29 is 17.9 Å². The van der Waals surface area contributed by atoms with Crippen LogP contribution in [0.25, 0.3) is 11.1 Å². The predicted molar refractivity (Wildman–Crippen MR) is 128 cm³/mol. The lowest BCUT2D eigenvalue weighted by Gasteiger charge is -2.37. The van der Waals surface area contributed by atoms with Crippen molar-refractivity contribution in [2.24, 2.45) is 0 Å². The van der Waals surface area contributed by atoms with Gasteiger partial charge in [0.15, 0.2) is 0 Å². The highest BCUT2D eigenvalue weighted by Gasteiger charge is 2.36. The van der Waals surface area contributed by atoms with Gasteiger partial charge in [0.1, 0.15) is 5.75 Å². The number of ether oxygens (including phenoxy) is 1. The van der Waals surface area contributed by atoms with Crippen LogP contribution in [0.15, 0.2) is 42.0 Å². The van der Waals surface area contributed by atoms with E-state index in [1.54, 1.807) is 12.1 Å². The van der Waals surface area contributed by atoms with Crippen LogP contribution in [0, 0.1) is 0 Å². The number of hydrogen-bond acceptors (Lipinski definition) is 2. The van der Waals surface area contributed by atoms with Crippen LogP contribution in [0.1, 0.15) is 68.2 Å². The largest absolute Gasteiger partial charge is 0.497 e. The van der Waals surface area contributed by atoms with Gasteiger partial charge in [-0.2, -0.15) is 13.2 Å². The van der Waals surface area contributed by atoms with E-state index >= 15 is 0 Å². The van der Waals surface area contributed by atoms with Crippen molar-refractivity contribution in [1.82, 2.24) is 5.32 Å². The monoisotopic (exact) mass is 457 g/mol. The van der Waals surface area contributed by atoms with Crippen LogP contribution < -0.4 is 10.1 Å². The first kappa shape index (κ1) is 23.9. The number of aryl methyl sites for hydroxylation is 1.